The molecule has 13 rings (SSSR count). The molecule has 0 N–H and O–H groups in total. The van der Waals surface area contributed by atoms with Crippen LogP contribution in [0.5, 0.6) is 0 Å². The molecule has 0 aliphatic carbocycles. The average molecular weight is 793 g/mol. The second-order valence-corrected chi connectivity index (χ2v) is 16.0. The first-order valence-corrected chi connectivity index (χ1v) is 21.1. The van der Waals surface area contributed by atoms with E-state index in [1.54, 1.807) is 0 Å². The van der Waals surface area contributed by atoms with Crippen LogP contribution in [0.1, 0.15) is 0 Å². The summed E-state index contributed by atoms with van der Waals surface area (Å²) in [6.45, 7) is 0. The van der Waals surface area contributed by atoms with Crippen LogP contribution in [0, 0.1) is 0 Å². The second-order valence-electron chi connectivity index (χ2n) is 16.0. The third-order valence-electron chi connectivity index (χ3n) is 12.6. The first-order valence-electron chi connectivity index (χ1n) is 21.1. The molecule has 0 radical (unpaired) electrons. The maximum absolute atomic E-state index is 6.99. The van der Waals surface area contributed by atoms with E-state index in [1.165, 1.54) is 21.5 Å². The van der Waals surface area contributed by atoms with Crippen LogP contribution >= 0.6 is 0 Å². The Kier molecular flexibility index (Phi) is 7.57. The van der Waals surface area contributed by atoms with Gasteiger partial charge < -0.3 is 18.6 Å². The SMILES string of the molecule is c1ccc(N(c2cccc3ccccc23)c2cc3oc4ccc5oc6cc(N(c7ccccc7)c7cccc8ccccc78)c7ccccc7c6c5c4c3c3ccccc23)cc1. The van der Waals surface area contributed by atoms with E-state index in [2.05, 4.69) is 228 Å². The Labute approximate surface area is 356 Å². The first kappa shape index (κ1) is 34.5. The van der Waals surface area contributed by atoms with E-state index in [0.29, 0.717) is 0 Å². The van der Waals surface area contributed by atoms with Gasteiger partial charge in [-0.3, -0.25) is 0 Å². The van der Waals surface area contributed by atoms with Gasteiger partial charge in [-0.2, -0.15) is 0 Å². The Bertz CT molecular complexity index is 3620. The molecule has 11 aromatic carbocycles. The normalized spacial score (nSPS) is 11.9. The minimum atomic E-state index is 0.823. The largest absolute Gasteiger partial charge is 0.456 e. The second kappa shape index (κ2) is 13.6. The van der Waals surface area contributed by atoms with Gasteiger partial charge in [0.15, 0.2) is 0 Å². The predicted octanol–water partition coefficient (Wildman–Crippen LogP) is 17.0. The molecule has 0 saturated heterocycles. The van der Waals surface area contributed by atoms with Gasteiger partial charge in [0.1, 0.15) is 22.3 Å². The molecule has 4 heteroatoms. The number of para-hydroxylation sites is 2. The molecule has 0 amide bonds. The molecule has 4 nitrogen and oxygen atoms in total. The number of nitrogens with zero attached hydrogens (tertiary/aromatic N) is 2. The molecule has 62 heavy (non-hydrogen) atoms. The van der Waals surface area contributed by atoms with Crippen molar-refractivity contribution in [1.29, 1.82) is 0 Å². The van der Waals surface area contributed by atoms with E-state index < -0.39 is 0 Å². The third kappa shape index (κ3) is 5.14. The van der Waals surface area contributed by atoms with Gasteiger partial charge in [-0.15, -0.1) is 0 Å². The maximum atomic E-state index is 6.99. The Morgan fingerprint density at radius 2 is 0.597 bits per heavy atom. The Morgan fingerprint density at radius 1 is 0.242 bits per heavy atom. The molecular weight excluding hydrogens is 757 g/mol. The van der Waals surface area contributed by atoms with Crippen LogP contribution in [0.2, 0.25) is 0 Å². The van der Waals surface area contributed by atoms with E-state index in [4.69, 9.17) is 8.83 Å². The summed E-state index contributed by atoms with van der Waals surface area (Å²) in [5.74, 6) is 0. The minimum Gasteiger partial charge on any atom is -0.456 e. The number of hydrogen-bond acceptors (Lipinski definition) is 4. The molecule has 290 valence electrons. The molecule has 0 saturated carbocycles. The monoisotopic (exact) mass is 792 g/mol. The summed E-state index contributed by atoms with van der Waals surface area (Å²) in [6.07, 6.45) is 0. The van der Waals surface area contributed by atoms with Crippen LogP contribution in [0.4, 0.5) is 34.1 Å². The zero-order valence-electron chi connectivity index (χ0n) is 33.5. The van der Waals surface area contributed by atoms with Crippen molar-refractivity contribution in [2.24, 2.45) is 0 Å². The zero-order valence-corrected chi connectivity index (χ0v) is 33.5. The van der Waals surface area contributed by atoms with Crippen molar-refractivity contribution < 1.29 is 8.83 Å². The number of hydrogen-bond donors (Lipinski definition) is 0. The summed E-state index contributed by atoms with van der Waals surface area (Å²) in [5, 5.41) is 13.5. The van der Waals surface area contributed by atoms with Gasteiger partial charge in [0.2, 0.25) is 0 Å². The molecule has 0 spiro atoms. The lowest BCUT2D eigenvalue weighted by molar-refractivity contribution is 0.663. The third-order valence-corrected chi connectivity index (χ3v) is 12.6. The van der Waals surface area contributed by atoms with Crippen molar-refractivity contribution in [1.82, 2.24) is 0 Å². The van der Waals surface area contributed by atoms with Crippen molar-refractivity contribution in [3.05, 3.63) is 218 Å². The van der Waals surface area contributed by atoms with E-state index >= 15 is 0 Å². The van der Waals surface area contributed by atoms with Gasteiger partial charge >= 0.3 is 0 Å². The van der Waals surface area contributed by atoms with Gasteiger partial charge in [-0.25, -0.2) is 0 Å². The van der Waals surface area contributed by atoms with Crippen LogP contribution < -0.4 is 9.80 Å². The smallest absolute Gasteiger partial charge is 0.138 e. The van der Waals surface area contributed by atoms with Crippen molar-refractivity contribution in [3.8, 4) is 0 Å². The number of furan rings is 2. The van der Waals surface area contributed by atoms with Crippen LogP contribution in [0.3, 0.4) is 0 Å². The van der Waals surface area contributed by atoms with E-state index in [-0.39, 0.29) is 0 Å². The molecule has 0 aliphatic heterocycles. The average Bonchev–Trinajstić information content (AvgIpc) is 3.91. The summed E-state index contributed by atoms with van der Waals surface area (Å²) in [4.78, 5) is 4.76. The Balaban J connectivity index is 1.11. The molecule has 0 unspecified atom stereocenters. The standard InChI is InChI=1S/C58H36N2O2/c1-3-21-39(22-4-1)59(47-31-15-19-37-17-7-9-25-41(37)47)49-35-53-55(45-29-13-11-27-43(45)49)57-51(61-53)33-34-52-58(57)56-46-30-14-12-28-44(46)50(36-54(56)62-52)60(40-23-5-2-6-24-40)48-32-16-20-38-18-8-10-26-42(38)48/h1-36H. The van der Waals surface area contributed by atoms with E-state index in [0.717, 1.165) is 99.5 Å². The van der Waals surface area contributed by atoms with Crippen molar-refractivity contribution >= 4 is 121 Å². The molecule has 2 heterocycles. The van der Waals surface area contributed by atoms with Gasteiger partial charge in [0.25, 0.3) is 0 Å². The van der Waals surface area contributed by atoms with Crippen LogP contribution in [-0.2, 0) is 0 Å². The lowest BCUT2D eigenvalue weighted by Crippen LogP contribution is -2.11. The Hall–Kier alpha value is -8.34. The highest BCUT2D eigenvalue weighted by molar-refractivity contribution is 6.35. The highest BCUT2D eigenvalue weighted by Gasteiger charge is 2.26. The molecule has 0 aliphatic rings. The fourth-order valence-corrected chi connectivity index (χ4v) is 9.95. The lowest BCUT2D eigenvalue weighted by atomic mass is 9.96. The zero-order chi connectivity index (χ0) is 40.7. The fraction of sp³-hybridized carbons (Fsp3) is 0. The Morgan fingerprint density at radius 3 is 1.03 bits per heavy atom. The topological polar surface area (TPSA) is 32.8 Å². The number of rotatable bonds is 6. The van der Waals surface area contributed by atoms with Crippen LogP contribution in [-0.4, -0.2) is 0 Å². The molecular formula is C58H36N2O2. The number of fused-ring (bicyclic) bond motifs is 13. The fourth-order valence-electron chi connectivity index (χ4n) is 9.95. The van der Waals surface area contributed by atoms with Gasteiger partial charge in [-0.05, 0) is 70.1 Å². The van der Waals surface area contributed by atoms with E-state index in [9.17, 15) is 0 Å². The van der Waals surface area contributed by atoms with Crippen LogP contribution in [0.15, 0.2) is 227 Å². The van der Waals surface area contributed by atoms with E-state index in [1.807, 2.05) is 0 Å². The van der Waals surface area contributed by atoms with Gasteiger partial charge in [0, 0.05) is 66.6 Å². The quantitative estimate of drug-likeness (QED) is 0.168. The summed E-state index contributed by atoms with van der Waals surface area (Å²) >= 11 is 0. The number of anilines is 6. The summed E-state index contributed by atoms with van der Waals surface area (Å²) in [6, 6.07) is 77.7. The first-order chi connectivity index (χ1) is 30.8. The van der Waals surface area contributed by atoms with Gasteiger partial charge in [-0.1, -0.05) is 158 Å². The minimum absolute atomic E-state index is 0.823. The maximum Gasteiger partial charge on any atom is 0.138 e. The molecule has 2 aromatic heterocycles. The highest BCUT2D eigenvalue weighted by Crippen LogP contribution is 2.51. The predicted molar refractivity (Wildman–Crippen MR) is 260 cm³/mol. The van der Waals surface area contributed by atoms with Crippen LogP contribution in [0.25, 0.3) is 87.0 Å². The highest BCUT2D eigenvalue weighted by atomic mass is 16.3. The summed E-state index contributed by atoms with van der Waals surface area (Å²) < 4.78 is 14.0. The summed E-state index contributed by atoms with van der Waals surface area (Å²) in [7, 11) is 0. The summed E-state index contributed by atoms with van der Waals surface area (Å²) in [5.41, 5.74) is 9.74. The molecule has 0 atom stereocenters. The van der Waals surface area contributed by atoms with Crippen molar-refractivity contribution in [2.45, 2.75) is 0 Å². The number of benzene rings is 11. The lowest BCUT2D eigenvalue weighted by Gasteiger charge is -2.28. The molecule has 13 aromatic rings. The molecule has 0 bridgehead atoms. The van der Waals surface area contributed by atoms with Crippen molar-refractivity contribution in [2.75, 3.05) is 9.80 Å². The van der Waals surface area contributed by atoms with Gasteiger partial charge in [0.05, 0.1) is 22.7 Å². The van der Waals surface area contributed by atoms with Crippen molar-refractivity contribution in [3.63, 3.8) is 0 Å². The molecule has 0 fully saturated rings.